The molecule has 0 saturated heterocycles. The Kier molecular flexibility index (Phi) is 5.18. The molecule has 0 amide bonds. The normalized spacial score (nSPS) is 14.0. The molecule has 0 unspecified atom stereocenters. The Hall–Kier alpha value is -1.82. The molecule has 1 aromatic heterocycles. The number of ether oxygens (including phenoxy) is 1. The summed E-state index contributed by atoms with van der Waals surface area (Å²) in [5, 5.41) is 0.184. The third-order valence-electron chi connectivity index (χ3n) is 4.41. The van der Waals surface area contributed by atoms with Gasteiger partial charge in [-0.3, -0.25) is 9.48 Å². The van der Waals surface area contributed by atoms with Crippen molar-refractivity contribution in [3.05, 3.63) is 39.3 Å². The van der Waals surface area contributed by atoms with E-state index in [0.717, 1.165) is 25.3 Å². The molecule has 1 aromatic carbocycles. The Balaban J connectivity index is 2.03. The summed E-state index contributed by atoms with van der Waals surface area (Å²) >= 11 is 6.33. The zero-order valence-electron chi connectivity index (χ0n) is 14.3. The summed E-state index contributed by atoms with van der Waals surface area (Å²) < 4.78 is 37.0. The number of nitrogens with zero attached hydrogens (tertiary/aromatic N) is 2. The maximum Gasteiger partial charge on any atom is 0.276 e. The Bertz CT molecular complexity index is 843. The predicted molar refractivity (Wildman–Crippen MR) is 93.2 cm³/mol. The van der Waals surface area contributed by atoms with Crippen LogP contribution in [0.25, 0.3) is 11.1 Å². The van der Waals surface area contributed by atoms with Crippen LogP contribution >= 0.6 is 11.6 Å². The van der Waals surface area contributed by atoms with E-state index in [1.165, 1.54) is 10.7 Å². The molecule has 25 heavy (non-hydrogen) atoms. The molecule has 7 heteroatoms. The minimum Gasteiger partial charge on any atom is -0.490 e. The van der Waals surface area contributed by atoms with Crippen LogP contribution in [0.1, 0.15) is 33.1 Å². The number of aromatic nitrogens is 2. The number of benzene rings is 1. The van der Waals surface area contributed by atoms with Gasteiger partial charge in [0.1, 0.15) is 11.0 Å². The molecule has 0 bridgehead atoms. The topological polar surface area (TPSA) is 36.2 Å². The van der Waals surface area contributed by atoms with Gasteiger partial charge in [-0.05, 0) is 31.2 Å². The summed E-state index contributed by atoms with van der Waals surface area (Å²) in [7, 11) is 0. The van der Waals surface area contributed by atoms with E-state index in [1.807, 2.05) is 13.8 Å². The molecule has 0 saturated carbocycles. The van der Waals surface area contributed by atoms with Crippen molar-refractivity contribution in [3.63, 3.8) is 0 Å². The molecule has 0 spiro atoms. The van der Waals surface area contributed by atoms with Gasteiger partial charge in [-0.25, -0.2) is 13.5 Å². The Morgan fingerprint density at radius 3 is 2.48 bits per heavy atom. The highest BCUT2D eigenvalue weighted by atomic mass is 35.5. The van der Waals surface area contributed by atoms with Crippen molar-refractivity contribution in [3.8, 4) is 16.9 Å². The van der Waals surface area contributed by atoms with E-state index in [9.17, 15) is 13.6 Å². The van der Waals surface area contributed by atoms with Gasteiger partial charge >= 0.3 is 0 Å². The standard InChI is InChI=1S/C18H21ClF2N2O2/c1-11(2)5-8-25-15-9-12(13(20)10-14(15)21)16-17(19)22-6-3-4-7-23(22)18(16)24/h9-11H,3-8H2,1-2H3. The summed E-state index contributed by atoms with van der Waals surface area (Å²) in [5.74, 6) is -1.27. The van der Waals surface area contributed by atoms with Gasteiger partial charge in [0.2, 0.25) is 0 Å². The molecular formula is C18H21ClF2N2O2. The summed E-state index contributed by atoms with van der Waals surface area (Å²) in [5.41, 5.74) is -0.316. The van der Waals surface area contributed by atoms with Gasteiger partial charge in [0.25, 0.3) is 5.56 Å². The number of hydrogen-bond acceptors (Lipinski definition) is 2. The van der Waals surface area contributed by atoms with Gasteiger partial charge in [-0.1, -0.05) is 25.4 Å². The van der Waals surface area contributed by atoms with Crippen molar-refractivity contribution in [1.82, 2.24) is 9.36 Å². The van der Waals surface area contributed by atoms with E-state index in [4.69, 9.17) is 16.3 Å². The lowest BCUT2D eigenvalue weighted by atomic mass is 10.1. The molecule has 2 heterocycles. The largest absolute Gasteiger partial charge is 0.490 e. The second-order valence-electron chi connectivity index (χ2n) is 6.72. The molecule has 1 aliphatic rings. The maximum atomic E-state index is 14.4. The second kappa shape index (κ2) is 7.20. The van der Waals surface area contributed by atoms with E-state index in [2.05, 4.69) is 0 Å². The summed E-state index contributed by atoms with van der Waals surface area (Å²) in [4.78, 5) is 12.6. The average Bonchev–Trinajstić information content (AvgIpc) is 2.81. The zero-order valence-corrected chi connectivity index (χ0v) is 15.1. The Morgan fingerprint density at radius 1 is 1.16 bits per heavy atom. The van der Waals surface area contributed by atoms with Crippen LogP contribution in [0.4, 0.5) is 8.78 Å². The number of hydrogen-bond donors (Lipinski definition) is 0. The Morgan fingerprint density at radius 2 is 1.84 bits per heavy atom. The summed E-state index contributed by atoms with van der Waals surface area (Å²) in [6.45, 7) is 5.52. The molecule has 0 fully saturated rings. The number of fused-ring (bicyclic) bond motifs is 1. The quantitative estimate of drug-likeness (QED) is 0.778. The lowest BCUT2D eigenvalue weighted by molar-refractivity contribution is 0.276. The van der Waals surface area contributed by atoms with E-state index in [0.29, 0.717) is 25.6 Å². The SMILES string of the molecule is CC(C)CCOc1cc(-c2c(Cl)n3n(c2=O)CCCC3)c(F)cc1F. The molecule has 0 atom stereocenters. The van der Waals surface area contributed by atoms with E-state index < -0.39 is 11.6 Å². The predicted octanol–water partition coefficient (Wildman–Crippen LogP) is 4.47. The first kappa shape index (κ1) is 18.0. The zero-order chi connectivity index (χ0) is 18.1. The van der Waals surface area contributed by atoms with Crippen LogP contribution in [-0.4, -0.2) is 16.0 Å². The van der Waals surface area contributed by atoms with Gasteiger partial charge in [0.15, 0.2) is 11.6 Å². The molecule has 3 rings (SSSR count). The summed E-state index contributed by atoms with van der Waals surface area (Å²) in [6, 6.07) is 1.98. The van der Waals surface area contributed by atoms with Crippen LogP contribution in [0.15, 0.2) is 16.9 Å². The fourth-order valence-corrected chi connectivity index (χ4v) is 3.35. The first-order valence-electron chi connectivity index (χ1n) is 8.51. The van der Waals surface area contributed by atoms with Crippen molar-refractivity contribution in [2.24, 2.45) is 5.92 Å². The van der Waals surface area contributed by atoms with Crippen LogP contribution in [0, 0.1) is 17.6 Å². The highest BCUT2D eigenvalue weighted by Crippen LogP contribution is 2.33. The van der Waals surface area contributed by atoms with Gasteiger partial charge < -0.3 is 4.74 Å². The van der Waals surface area contributed by atoms with E-state index >= 15 is 0 Å². The minimum absolute atomic E-state index is 0.0228. The lowest BCUT2D eigenvalue weighted by Crippen LogP contribution is -2.27. The molecule has 136 valence electrons. The molecule has 0 N–H and O–H groups in total. The lowest BCUT2D eigenvalue weighted by Gasteiger charge is -2.17. The van der Waals surface area contributed by atoms with Crippen molar-refractivity contribution < 1.29 is 13.5 Å². The highest BCUT2D eigenvalue weighted by Gasteiger charge is 2.25. The first-order valence-corrected chi connectivity index (χ1v) is 8.89. The smallest absolute Gasteiger partial charge is 0.276 e. The van der Waals surface area contributed by atoms with E-state index in [1.54, 1.807) is 4.68 Å². The third-order valence-corrected chi connectivity index (χ3v) is 4.79. The molecule has 0 radical (unpaired) electrons. The van der Waals surface area contributed by atoms with Crippen molar-refractivity contribution in [2.75, 3.05) is 6.61 Å². The van der Waals surface area contributed by atoms with E-state index in [-0.39, 0.29) is 27.6 Å². The van der Waals surface area contributed by atoms with Gasteiger partial charge in [-0.15, -0.1) is 0 Å². The molecule has 2 aromatic rings. The second-order valence-corrected chi connectivity index (χ2v) is 7.08. The van der Waals surface area contributed by atoms with Crippen LogP contribution in [-0.2, 0) is 13.1 Å². The van der Waals surface area contributed by atoms with Crippen molar-refractivity contribution in [2.45, 2.75) is 46.2 Å². The van der Waals surface area contributed by atoms with Gasteiger partial charge in [0.05, 0.1) is 12.2 Å². The maximum absolute atomic E-state index is 14.4. The highest BCUT2D eigenvalue weighted by molar-refractivity contribution is 6.32. The van der Waals surface area contributed by atoms with Crippen LogP contribution in [0.3, 0.4) is 0 Å². The molecule has 1 aliphatic heterocycles. The molecular weight excluding hydrogens is 350 g/mol. The Labute approximate surface area is 149 Å². The van der Waals surface area contributed by atoms with Crippen LogP contribution in [0.5, 0.6) is 5.75 Å². The number of rotatable bonds is 5. The van der Waals surface area contributed by atoms with Gasteiger partial charge in [-0.2, -0.15) is 0 Å². The van der Waals surface area contributed by atoms with Crippen molar-refractivity contribution in [1.29, 1.82) is 0 Å². The number of halogens is 3. The van der Waals surface area contributed by atoms with Crippen LogP contribution in [0.2, 0.25) is 5.15 Å². The fourth-order valence-electron chi connectivity index (χ4n) is 2.99. The molecule has 0 aliphatic carbocycles. The van der Waals surface area contributed by atoms with Crippen LogP contribution < -0.4 is 10.3 Å². The minimum atomic E-state index is -0.823. The van der Waals surface area contributed by atoms with Gasteiger partial charge in [0, 0.05) is 24.7 Å². The monoisotopic (exact) mass is 370 g/mol. The fraction of sp³-hybridized carbons (Fsp3) is 0.500. The molecule has 4 nitrogen and oxygen atoms in total. The third kappa shape index (κ3) is 3.45. The first-order chi connectivity index (χ1) is 11.9. The summed E-state index contributed by atoms with van der Waals surface area (Å²) in [6.07, 6.45) is 2.52. The van der Waals surface area contributed by atoms with Crippen molar-refractivity contribution >= 4 is 11.6 Å². The average molecular weight is 371 g/mol.